The van der Waals surface area contributed by atoms with Crippen molar-refractivity contribution in [2.75, 3.05) is 0 Å². The lowest BCUT2D eigenvalue weighted by Crippen LogP contribution is -2.78. The zero-order valence-corrected chi connectivity index (χ0v) is 20.2. The zero-order valence-electron chi connectivity index (χ0n) is 20.2. The molecule has 2 saturated carbocycles. The Labute approximate surface area is 159 Å². The molecule has 2 aliphatic carbocycles. The van der Waals surface area contributed by atoms with Crippen LogP contribution in [0.25, 0.3) is 0 Å². The molecule has 5 atom stereocenters. The van der Waals surface area contributed by atoms with E-state index in [2.05, 4.69) is 104 Å². The van der Waals surface area contributed by atoms with E-state index < -0.39 is 0 Å². The van der Waals surface area contributed by atoms with Gasteiger partial charge in [0.2, 0.25) is 0 Å². The minimum atomic E-state index is 0.243. The van der Waals surface area contributed by atoms with Crippen LogP contribution in [0.1, 0.15) is 104 Å². The summed E-state index contributed by atoms with van der Waals surface area (Å²) < 4.78 is 0. The molecule has 0 nitrogen and oxygen atoms in total. The van der Waals surface area contributed by atoms with Crippen LogP contribution in [0.15, 0.2) is 0 Å². The summed E-state index contributed by atoms with van der Waals surface area (Å²) in [6.45, 7) is 38.7. The third-order valence-electron chi connectivity index (χ3n) is 13.0. The van der Waals surface area contributed by atoms with Crippen molar-refractivity contribution in [1.29, 1.82) is 0 Å². The molecule has 4 unspecified atom stereocenters. The zero-order chi connectivity index (χ0) is 20.2. The molecular weight excluding hydrogens is 300 g/mol. The van der Waals surface area contributed by atoms with Crippen LogP contribution in [-0.4, -0.2) is 0 Å². The van der Waals surface area contributed by atoms with E-state index in [1.807, 2.05) is 0 Å². The molecule has 0 heterocycles. The molecular formula is C25H48. The van der Waals surface area contributed by atoms with E-state index in [1.165, 1.54) is 0 Å². The first-order chi connectivity index (χ1) is 10.7. The van der Waals surface area contributed by atoms with Gasteiger partial charge in [-0.05, 0) is 55.7 Å². The molecule has 2 fully saturated rings. The minimum Gasteiger partial charge on any atom is -0.0615 e. The molecule has 25 heavy (non-hydrogen) atoms. The van der Waals surface area contributed by atoms with Gasteiger partial charge in [-0.2, -0.15) is 0 Å². The molecule has 0 heteroatoms. The maximum atomic E-state index is 2.67. The normalized spacial score (nSPS) is 49.3. The van der Waals surface area contributed by atoms with Crippen molar-refractivity contribution < 1.29 is 0 Å². The fraction of sp³-hybridized carbons (Fsp3) is 1.00. The lowest BCUT2D eigenvalue weighted by Gasteiger charge is -2.83. The van der Waals surface area contributed by atoms with E-state index in [-0.39, 0.29) is 21.7 Å². The first kappa shape index (κ1) is 21.3. The predicted octanol–water partition coefficient (Wildman–Crippen LogP) is 8.07. The van der Waals surface area contributed by atoms with E-state index in [9.17, 15) is 0 Å². The molecule has 0 saturated heterocycles. The Kier molecular flexibility index (Phi) is 4.16. The third-order valence-corrected chi connectivity index (χ3v) is 13.0. The Morgan fingerprint density at radius 2 is 0.840 bits per heavy atom. The standard InChI is InChI=1S/C25H48/c1-16-19(4,5)17(2)24(14)18(3)20(6,7)22(10,11)23(12,13)25(24,15)21(16,8)9/h16-18H,1-15H3/t16-,17?,18?,24?,25?/m1/s1. The smallest absolute Gasteiger partial charge is 0.0156 e. The summed E-state index contributed by atoms with van der Waals surface area (Å²) >= 11 is 0. The van der Waals surface area contributed by atoms with Crippen molar-refractivity contribution in [3.63, 3.8) is 0 Å². The van der Waals surface area contributed by atoms with Crippen molar-refractivity contribution in [2.24, 2.45) is 55.7 Å². The van der Waals surface area contributed by atoms with Crippen LogP contribution in [0.3, 0.4) is 0 Å². The third kappa shape index (κ3) is 1.77. The fourth-order valence-electron chi connectivity index (χ4n) is 8.65. The highest BCUT2D eigenvalue weighted by Gasteiger charge is 2.79. The molecule has 0 aromatic rings. The van der Waals surface area contributed by atoms with Gasteiger partial charge in [-0.25, -0.2) is 0 Å². The summed E-state index contributed by atoms with van der Waals surface area (Å²) in [5.41, 5.74) is 2.00. The summed E-state index contributed by atoms with van der Waals surface area (Å²) in [6, 6.07) is 0. The predicted molar refractivity (Wildman–Crippen MR) is 113 cm³/mol. The fourth-order valence-corrected chi connectivity index (χ4v) is 8.65. The van der Waals surface area contributed by atoms with Gasteiger partial charge in [-0.1, -0.05) is 104 Å². The first-order valence-electron chi connectivity index (χ1n) is 10.7. The van der Waals surface area contributed by atoms with E-state index in [0.717, 1.165) is 0 Å². The average Bonchev–Trinajstić information content (AvgIpc) is 2.47. The highest BCUT2D eigenvalue weighted by molar-refractivity contribution is 5.26. The van der Waals surface area contributed by atoms with Gasteiger partial charge in [0.1, 0.15) is 0 Å². The van der Waals surface area contributed by atoms with E-state index in [0.29, 0.717) is 34.0 Å². The number of hydrogen-bond acceptors (Lipinski definition) is 0. The van der Waals surface area contributed by atoms with Crippen molar-refractivity contribution in [3.05, 3.63) is 0 Å². The van der Waals surface area contributed by atoms with E-state index in [4.69, 9.17) is 0 Å². The largest absolute Gasteiger partial charge is 0.0615 e. The molecule has 0 spiro atoms. The van der Waals surface area contributed by atoms with E-state index in [1.54, 1.807) is 0 Å². The Hall–Kier alpha value is 0. The SMILES string of the molecule is CC1C(C)(C)[C@@H](C)C(C)(C)C2(C)C1(C)C(C)C(C)(C)C(C)(C)C2(C)C. The maximum absolute atomic E-state index is 2.67. The molecule has 2 rings (SSSR count). The van der Waals surface area contributed by atoms with Crippen LogP contribution < -0.4 is 0 Å². The van der Waals surface area contributed by atoms with Crippen LogP contribution in [0.2, 0.25) is 0 Å². The Balaban J connectivity index is 2.99. The second kappa shape index (κ2) is 4.88. The highest BCUT2D eigenvalue weighted by atomic mass is 14.8. The Morgan fingerprint density at radius 3 is 1.24 bits per heavy atom. The number of hydrogen-bond donors (Lipinski definition) is 0. The molecule has 0 amide bonds. The molecule has 0 aromatic carbocycles. The van der Waals surface area contributed by atoms with Crippen LogP contribution in [0.4, 0.5) is 0 Å². The summed E-state index contributed by atoms with van der Waals surface area (Å²) in [5, 5.41) is 0. The van der Waals surface area contributed by atoms with Gasteiger partial charge in [0.05, 0.1) is 0 Å². The average molecular weight is 349 g/mol. The second-order valence-corrected chi connectivity index (χ2v) is 13.1. The lowest BCUT2D eigenvalue weighted by atomic mass is 9.21. The monoisotopic (exact) mass is 348 g/mol. The minimum absolute atomic E-state index is 0.243. The van der Waals surface area contributed by atoms with Crippen molar-refractivity contribution in [2.45, 2.75) is 104 Å². The molecule has 0 bridgehead atoms. The highest BCUT2D eigenvalue weighted by Crippen LogP contribution is 2.84. The molecule has 0 aliphatic heterocycles. The number of rotatable bonds is 0. The van der Waals surface area contributed by atoms with E-state index >= 15 is 0 Å². The van der Waals surface area contributed by atoms with Crippen molar-refractivity contribution in [1.82, 2.24) is 0 Å². The Morgan fingerprint density at radius 1 is 0.440 bits per heavy atom. The van der Waals surface area contributed by atoms with Crippen molar-refractivity contribution >= 4 is 0 Å². The number of fused-ring (bicyclic) bond motifs is 1. The van der Waals surface area contributed by atoms with Gasteiger partial charge >= 0.3 is 0 Å². The van der Waals surface area contributed by atoms with Crippen LogP contribution in [-0.2, 0) is 0 Å². The summed E-state index contributed by atoms with van der Waals surface area (Å²) in [7, 11) is 0. The molecule has 148 valence electrons. The van der Waals surface area contributed by atoms with Gasteiger partial charge in [0.15, 0.2) is 0 Å². The van der Waals surface area contributed by atoms with Crippen LogP contribution in [0.5, 0.6) is 0 Å². The van der Waals surface area contributed by atoms with Gasteiger partial charge < -0.3 is 0 Å². The van der Waals surface area contributed by atoms with Crippen molar-refractivity contribution in [3.8, 4) is 0 Å². The summed E-state index contributed by atoms with van der Waals surface area (Å²) in [6.07, 6.45) is 0. The molecule has 0 aromatic heterocycles. The van der Waals surface area contributed by atoms with Gasteiger partial charge in [0.25, 0.3) is 0 Å². The first-order valence-corrected chi connectivity index (χ1v) is 10.7. The second-order valence-electron chi connectivity index (χ2n) is 13.1. The van der Waals surface area contributed by atoms with Gasteiger partial charge in [-0.15, -0.1) is 0 Å². The van der Waals surface area contributed by atoms with Crippen LogP contribution >= 0.6 is 0 Å². The topological polar surface area (TPSA) is 0 Å². The summed E-state index contributed by atoms with van der Waals surface area (Å²) in [5.74, 6) is 2.06. The quantitative estimate of drug-likeness (QED) is 0.415. The summed E-state index contributed by atoms with van der Waals surface area (Å²) in [4.78, 5) is 0. The molecule has 2 aliphatic rings. The Bertz CT molecular complexity index is 559. The van der Waals surface area contributed by atoms with Crippen LogP contribution in [0, 0.1) is 55.7 Å². The van der Waals surface area contributed by atoms with Gasteiger partial charge in [0, 0.05) is 0 Å². The maximum Gasteiger partial charge on any atom is -0.0156 e. The molecule has 0 radical (unpaired) electrons. The van der Waals surface area contributed by atoms with Gasteiger partial charge in [-0.3, -0.25) is 0 Å². The molecule has 0 N–H and O–H groups in total. The lowest BCUT2D eigenvalue weighted by molar-refractivity contribution is -0.355.